The number of ether oxygens (including phenoxy) is 3. The number of hydrogen-bond acceptors (Lipinski definition) is 4. The maximum atomic E-state index is 5.59. The maximum Gasteiger partial charge on any atom is 0.191 e. The number of methoxy groups -OCH3 is 3. The Morgan fingerprint density at radius 1 is 1.08 bits per heavy atom. The lowest BCUT2D eigenvalue weighted by atomic mass is 9.89. The summed E-state index contributed by atoms with van der Waals surface area (Å²) in [5, 5.41) is 6.62. The van der Waals surface area contributed by atoms with E-state index < -0.39 is 0 Å². The highest BCUT2D eigenvalue weighted by molar-refractivity contribution is 14.0. The summed E-state index contributed by atoms with van der Waals surface area (Å²) in [6.07, 6.45) is 0.0948. The van der Waals surface area contributed by atoms with Crippen LogP contribution in [0.25, 0.3) is 0 Å². The number of aliphatic imine (C=N–C) groups is 1. The van der Waals surface area contributed by atoms with Crippen LogP contribution in [0.4, 0.5) is 0 Å². The summed E-state index contributed by atoms with van der Waals surface area (Å²) >= 11 is 0. The van der Waals surface area contributed by atoms with Crippen molar-refractivity contribution in [3.8, 4) is 11.5 Å². The lowest BCUT2D eigenvalue weighted by Crippen LogP contribution is -2.45. The summed E-state index contributed by atoms with van der Waals surface area (Å²) in [7, 11) is 5.00. The normalized spacial score (nSPS) is 12.8. The molecule has 150 valence electrons. The van der Waals surface area contributed by atoms with Crippen molar-refractivity contribution in [2.45, 2.75) is 40.3 Å². The Balaban J connectivity index is 0.00000625. The molecule has 0 saturated heterocycles. The van der Waals surface area contributed by atoms with Gasteiger partial charge in [-0.1, -0.05) is 26.8 Å². The monoisotopic (exact) mass is 479 g/mol. The number of halogens is 1. The molecule has 0 saturated carbocycles. The van der Waals surface area contributed by atoms with Crippen molar-refractivity contribution < 1.29 is 14.2 Å². The smallest absolute Gasteiger partial charge is 0.191 e. The average Bonchev–Trinajstić information content (AvgIpc) is 2.58. The molecule has 0 aromatic heterocycles. The molecule has 0 fully saturated rings. The van der Waals surface area contributed by atoms with Crippen LogP contribution in [0.5, 0.6) is 11.5 Å². The van der Waals surface area contributed by atoms with Crippen molar-refractivity contribution in [2.75, 3.05) is 34.4 Å². The summed E-state index contributed by atoms with van der Waals surface area (Å²) in [4.78, 5) is 4.65. The number of benzene rings is 1. The predicted molar refractivity (Wildman–Crippen MR) is 118 cm³/mol. The van der Waals surface area contributed by atoms with Crippen molar-refractivity contribution in [1.29, 1.82) is 0 Å². The SMILES string of the molecule is CCNC(=NCc1ccc(OC)c(OC)c1)NCC(OC)C(C)(C)C.I. The molecule has 0 bridgehead atoms. The standard InChI is InChI=1S/C19H33N3O3.HI/c1-8-20-18(22-13-17(25-7)19(2,3)4)21-12-14-9-10-15(23-5)16(11-14)24-6;/h9-11,17H,8,12-13H2,1-7H3,(H2,20,21,22);1H. The molecule has 1 aromatic carbocycles. The third-order valence-electron chi connectivity index (χ3n) is 3.92. The molecule has 1 unspecified atom stereocenters. The molecule has 26 heavy (non-hydrogen) atoms. The molecule has 1 atom stereocenters. The van der Waals surface area contributed by atoms with Crippen LogP contribution in [-0.2, 0) is 11.3 Å². The first kappa shape index (κ1) is 24.8. The van der Waals surface area contributed by atoms with E-state index in [1.807, 2.05) is 25.1 Å². The summed E-state index contributed by atoms with van der Waals surface area (Å²) in [6, 6.07) is 5.82. The highest BCUT2D eigenvalue weighted by Crippen LogP contribution is 2.27. The summed E-state index contributed by atoms with van der Waals surface area (Å²) in [6.45, 7) is 10.6. The zero-order valence-corrected chi connectivity index (χ0v) is 19.3. The lowest BCUT2D eigenvalue weighted by Gasteiger charge is -2.30. The van der Waals surface area contributed by atoms with E-state index in [0.29, 0.717) is 24.6 Å². The van der Waals surface area contributed by atoms with Crippen molar-refractivity contribution in [3.05, 3.63) is 23.8 Å². The minimum atomic E-state index is 0. The first-order chi connectivity index (χ1) is 11.8. The maximum absolute atomic E-state index is 5.59. The molecule has 6 nitrogen and oxygen atoms in total. The number of nitrogens with zero attached hydrogens (tertiary/aromatic N) is 1. The zero-order valence-electron chi connectivity index (χ0n) is 17.0. The fourth-order valence-electron chi connectivity index (χ4n) is 2.42. The van der Waals surface area contributed by atoms with Crippen molar-refractivity contribution >= 4 is 29.9 Å². The Hall–Kier alpha value is -1.22. The molecule has 2 N–H and O–H groups in total. The van der Waals surface area contributed by atoms with Crippen molar-refractivity contribution in [1.82, 2.24) is 10.6 Å². The van der Waals surface area contributed by atoms with Gasteiger partial charge in [-0.25, -0.2) is 4.99 Å². The van der Waals surface area contributed by atoms with Gasteiger partial charge in [0.05, 0.1) is 26.9 Å². The van der Waals surface area contributed by atoms with E-state index in [4.69, 9.17) is 14.2 Å². The van der Waals surface area contributed by atoms with Gasteiger partial charge in [0.15, 0.2) is 17.5 Å². The predicted octanol–water partition coefficient (Wildman–Crippen LogP) is 3.44. The van der Waals surface area contributed by atoms with E-state index in [1.165, 1.54) is 0 Å². The van der Waals surface area contributed by atoms with Crippen LogP contribution in [0.2, 0.25) is 0 Å². The molecule has 1 aromatic rings. The minimum absolute atomic E-state index is 0. The molecule has 0 heterocycles. The third kappa shape index (κ3) is 7.99. The van der Waals surface area contributed by atoms with Crippen LogP contribution < -0.4 is 20.1 Å². The highest BCUT2D eigenvalue weighted by Gasteiger charge is 2.24. The van der Waals surface area contributed by atoms with E-state index in [9.17, 15) is 0 Å². The third-order valence-corrected chi connectivity index (χ3v) is 3.92. The molecule has 0 radical (unpaired) electrons. The van der Waals surface area contributed by atoms with Gasteiger partial charge in [-0.3, -0.25) is 0 Å². The number of hydrogen-bond donors (Lipinski definition) is 2. The topological polar surface area (TPSA) is 64.1 Å². The van der Waals surface area contributed by atoms with Gasteiger partial charge in [0.1, 0.15) is 0 Å². The van der Waals surface area contributed by atoms with Gasteiger partial charge >= 0.3 is 0 Å². The Kier molecular flexibility index (Phi) is 11.6. The van der Waals surface area contributed by atoms with E-state index in [0.717, 1.165) is 18.1 Å². The van der Waals surface area contributed by atoms with Crippen LogP contribution in [0, 0.1) is 5.41 Å². The van der Waals surface area contributed by atoms with Gasteiger partial charge in [0.25, 0.3) is 0 Å². The molecule has 0 amide bonds. The second-order valence-corrected chi connectivity index (χ2v) is 6.86. The quantitative estimate of drug-likeness (QED) is 0.340. The van der Waals surface area contributed by atoms with Crippen LogP contribution in [0.3, 0.4) is 0 Å². The van der Waals surface area contributed by atoms with Crippen LogP contribution >= 0.6 is 24.0 Å². The van der Waals surface area contributed by atoms with E-state index >= 15 is 0 Å². The molecule has 1 rings (SSSR count). The van der Waals surface area contributed by atoms with Gasteiger partial charge < -0.3 is 24.8 Å². The minimum Gasteiger partial charge on any atom is -0.493 e. The van der Waals surface area contributed by atoms with E-state index in [1.54, 1.807) is 21.3 Å². The van der Waals surface area contributed by atoms with Crippen LogP contribution in [-0.4, -0.2) is 46.5 Å². The first-order valence-electron chi connectivity index (χ1n) is 8.61. The molecule has 0 spiro atoms. The van der Waals surface area contributed by atoms with Crippen molar-refractivity contribution in [3.63, 3.8) is 0 Å². The fourth-order valence-corrected chi connectivity index (χ4v) is 2.42. The van der Waals surface area contributed by atoms with Gasteiger partial charge in [0.2, 0.25) is 0 Å². The van der Waals surface area contributed by atoms with Gasteiger partial charge in [-0.05, 0) is 30.0 Å². The molecular weight excluding hydrogens is 445 g/mol. The Bertz CT molecular complexity index is 559. The summed E-state index contributed by atoms with van der Waals surface area (Å²) in [5.41, 5.74) is 1.11. The first-order valence-corrected chi connectivity index (χ1v) is 8.61. The van der Waals surface area contributed by atoms with E-state index in [2.05, 4.69) is 36.4 Å². The number of rotatable bonds is 8. The molecule has 7 heteroatoms. The second-order valence-electron chi connectivity index (χ2n) is 6.86. The Morgan fingerprint density at radius 3 is 2.23 bits per heavy atom. The van der Waals surface area contributed by atoms with Crippen molar-refractivity contribution in [2.24, 2.45) is 10.4 Å². The van der Waals surface area contributed by atoms with E-state index in [-0.39, 0.29) is 35.5 Å². The van der Waals surface area contributed by atoms with Gasteiger partial charge in [0, 0.05) is 20.2 Å². The summed E-state index contributed by atoms with van der Waals surface area (Å²) < 4.78 is 16.2. The molecule has 0 aliphatic heterocycles. The number of nitrogens with one attached hydrogen (secondary N) is 2. The van der Waals surface area contributed by atoms with Gasteiger partial charge in [-0.15, -0.1) is 24.0 Å². The zero-order chi connectivity index (χ0) is 18.9. The van der Waals surface area contributed by atoms with Crippen LogP contribution in [0.15, 0.2) is 23.2 Å². The second kappa shape index (κ2) is 12.2. The lowest BCUT2D eigenvalue weighted by molar-refractivity contribution is 0.0205. The Labute approximate surface area is 175 Å². The van der Waals surface area contributed by atoms with Gasteiger partial charge in [-0.2, -0.15) is 0 Å². The largest absolute Gasteiger partial charge is 0.493 e. The Morgan fingerprint density at radius 2 is 1.73 bits per heavy atom. The average molecular weight is 479 g/mol. The molecule has 0 aliphatic carbocycles. The molecule has 0 aliphatic rings. The molecular formula is C19H34IN3O3. The summed E-state index contributed by atoms with van der Waals surface area (Å²) in [5.74, 6) is 2.19. The highest BCUT2D eigenvalue weighted by atomic mass is 127. The fraction of sp³-hybridized carbons (Fsp3) is 0.632. The number of guanidine groups is 1. The van der Waals surface area contributed by atoms with Crippen LogP contribution in [0.1, 0.15) is 33.3 Å².